The van der Waals surface area contributed by atoms with Gasteiger partial charge < -0.3 is 19.1 Å². The summed E-state index contributed by atoms with van der Waals surface area (Å²) < 4.78 is 11.3. The Labute approximate surface area is 89.9 Å². The molecule has 0 N–H and O–H groups in total. The summed E-state index contributed by atoms with van der Waals surface area (Å²) in [7, 11) is 0. The number of hydrogen-bond acceptors (Lipinski definition) is 4. The summed E-state index contributed by atoms with van der Waals surface area (Å²) >= 11 is 0. The molecule has 0 aromatic carbocycles. The summed E-state index contributed by atoms with van der Waals surface area (Å²) in [4.78, 5) is 20.6. The smallest absolute Gasteiger partial charge is 0.163 e. The Morgan fingerprint density at radius 1 is 1.00 bits per heavy atom. The second-order valence-electron chi connectivity index (χ2n) is 4.20. The van der Waals surface area contributed by atoms with Crippen LogP contribution in [-0.2, 0) is 19.1 Å². The lowest BCUT2D eigenvalue weighted by atomic mass is 10.1. The van der Waals surface area contributed by atoms with Gasteiger partial charge in [-0.25, -0.2) is 0 Å². The van der Waals surface area contributed by atoms with E-state index >= 15 is 0 Å². The van der Waals surface area contributed by atoms with Gasteiger partial charge in [0.15, 0.2) is 5.79 Å². The molecule has 0 aliphatic carbocycles. The van der Waals surface area contributed by atoms with Crippen LogP contribution in [0.1, 0.15) is 39.5 Å². The Balaban J connectivity index is 2.49. The van der Waals surface area contributed by atoms with Gasteiger partial charge in [-0.2, -0.15) is 0 Å². The van der Waals surface area contributed by atoms with Gasteiger partial charge in [-0.3, -0.25) is 0 Å². The lowest BCUT2D eigenvalue weighted by molar-refractivity contribution is -0.147. The predicted molar refractivity (Wildman–Crippen MR) is 54.4 cm³/mol. The third kappa shape index (κ3) is 3.72. The summed E-state index contributed by atoms with van der Waals surface area (Å²) in [6, 6.07) is 0. The van der Waals surface area contributed by atoms with Crippen molar-refractivity contribution in [2.45, 2.75) is 57.5 Å². The molecule has 1 saturated heterocycles. The number of ether oxygens (including phenoxy) is 2. The van der Waals surface area contributed by atoms with Crippen molar-refractivity contribution in [2.24, 2.45) is 0 Å². The zero-order valence-electron chi connectivity index (χ0n) is 9.27. The molecular formula is C11H18O4. The average Bonchev–Trinajstić information content (AvgIpc) is 2.47. The molecule has 1 fully saturated rings. The van der Waals surface area contributed by atoms with E-state index in [2.05, 4.69) is 0 Å². The minimum absolute atomic E-state index is 0.0647. The molecule has 1 rings (SSSR count). The molecule has 0 unspecified atom stereocenters. The van der Waals surface area contributed by atoms with Crippen LogP contribution in [0.25, 0.3) is 0 Å². The van der Waals surface area contributed by atoms with Gasteiger partial charge in [0.2, 0.25) is 0 Å². The fourth-order valence-corrected chi connectivity index (χ4v) is 1.86. The fourth-order valence-electron chi connectivity index (χ4n) is 1.86. The average molecular weight is 214 g/mol. The van der Waals surface area contributed by atoms with Crippen molar-refractivity contribution >= 4 is 12.6 Å². The van der Waals surface area contributed by atoms with Crippen molar-refractivity contribution in [3.63, 3.8) is 0 Å². The van der Waals surface area contributed by atoms with Crippen molar-refractivity contribution in [3.8, 4) is 0 Å². The predicted octanol–water partition coefficient (Wildman–Crippen LogP) is 1.46. The second kappa shape index (κ2) is 5.37. The minimum Gasteiger partial charge on any atom is -0.345 e. The molecule has 1 aliphatic rings. The highest BCUT2D eigenvalue weighted by Gasteiger charge is 2.40. The van der Waals surface area contributed by atoms with E-state index in [0.717, 1.165) is 12.6 Å². The maximum Gasteiger partial charge on any atom is 0.163 e. The zero-order valence-corrected chi connectivity index (χ0v) is 9.27. The first-order chi connectivity index (χ1) is 7.09. The number of rotatable bonds is 6. The van der Waals surface area contributed by atoms with E-state index in [1.165, 1.54) is 0 Å². The van der Waals surface area contributed by atoms with Crippen LogP contribution in [0.4, 0.5) is 0 Å². The first kappa shape index (κ1) is 12.3. The van der Waals surface area contributed by atoms with Crippen LogP contribution in [-0.4, -0.2) is 30.6 Å². The summed E-state index contributed by atoms with van der Waals surface area (Å²) in [5.74, 6) is -0.596. The standard InChI is InChI=1S/C11H18O4/c1-11(2)14-9(5-3-7-12)10(15-11)6-4-8-13/h7-10H,3-6H2,1-2H3/t9-,10-/m0/s1. The molecule has 15 heavy (non-hydrogen) atoms. The molecule has 4 nitrogen and oxygen atoms in total. The van der Waals surface area contributed by atoms with E-state index in [0.29, 0.717) is 25.7 Å². The van der Waals surface area contributed by atoms with Gasteiger partial charge in [0.05, 0.1) is 12.2 Å². The monoisotopic (exact) mass is 214 g/mol. The van der Waals surface area contributed by atoms with E-state index in [-0.39, 0.29) is 12.2 Å². The van der Waals surface area contributed by atoms with E-state index in [9.17, 15) is 9.59 Å². The molecular weight excluding hydrogens is 196 g/mol. The Morgan fingerprint density at radius 2 is 1.40 bits per heavy atom. The normalized spacial score (nSPS) is 28.9. The van der Waals surface area contributed by atoms with E-state index in [1.54, 1.807) is 0 Å². The van der Waals surface area contributed by atoms with Crippen molar-refractivity contribution in [2.75, 3.05) is 0 Å². The van der Waals surface area contributed by atoms with Crippen LogP contribution in [0, 0.1) is 0 Å². The van der Waals surface area contributed by atoms with Crippen molar-refractivity contribution in [1.82, 2.24) is 0 Å². The molecule has 1 heterocycles. The molecule has 0 spiro atoms. The Kier molecular flexibility index (Phi) is 4.42. The maximum atomic E-state index is 10.3. The van der Waals surface area contributed by atoms with Crippen LogP contribution < -0.4 is 0 Å². The Bertz CT molecular complexity index is 203. The van der Waals surface area contributed by atoms with E-state index < -0.39 is 5.79 Å². The Hall–Kier alpha value is -0.740. The van der Waals surface area contributed by atoms with Gasteiger partial charge in [-0.05, 0) is 26.7 Å². The summed E-state index contributed by atoms with van der Waals surface area (Å²) in [5.41, 5.74) is 0. The Morgan fingerprint density at radius 3 is 1.73 bits per heavy atom. The van der Waals surface area contributed by atoms with Gasteiger partial charge >= 0.3 is 0 Å². The van der Waals surface area contributed by atoms with Crippen LogP contribution >= 0.6 is 0 Å². The largest absolute Gasteiger partial charge is 0.345 e. The van der Waals surface area contributed by atoms with Crippen molar-refractivity contribution < 1.29 is 19.1 Å². The van der Waals surface area contributed by atoms with E-state index in [1.807, 2.05) is 13.8 Å². The molecule has 0 saturated carbocycles. The van der Waals surface area contributed by atoms with Gasteiger partial charge in [0.25, 0.3) is 0 Å². The number of carbonyl (C=O) groups is 2. The molecule has 86 valence electrons. The summed E-state index contributed by atoms with van der Waals surface area (Å²) in [6.45, 7) is 3.70. The van der Waals surface area contributed by atoms with Crippen LogP contribution in [0.5, 0.6) is 0 Å². The summed E-state index contributed by atoms with van der Waals surface area (Å²) in [6.07, 6.45) is 3.91. The van der Waals surface area contributed by atoms with Crippen LogP contribution in [0.3, 0.4) is 0 Å². The van der Waals surface area contributed by atoms with Gasteiger partial charge in [0, 0.05) is 12.8 Å². The zero-order chi connectivity index (χ0) is 11.3. The number of hydrogen-bond donors (Lipinski definition) is 0. The quantitative estimate of drug-likeness (QED) is 0.628. The third-order valence-corrected chi connectivity index (χ3v) is 2.42. The lowest BCUT2D eigenvalue weighted by Crippen LogP contribution is -2.22. The first-order valence-electron chi connectivity index (χ1n) is 5.32. The van der Waals surface area contributed by atoms with Crippen molar-refractivity contribution in [3.05, 3.63) is 0 Å². The van der Waals surface area contributed by atoms with E-state index in [4.69, 9.17) is 9.47 Å². The SMILES string of the molecule is CC1(C)O[C@@H](CCC=O)[C@H](CCC=O)O1. The van der Waals surface area contributed by atoms with Gasteiger partial charge in [-0.15, -0.1) is 0 Å². The first-order valence-corrected chi connectivity index (χ1v) is 5.32. The molecule has 0 bridgehead atoms. The number of carbonyl (C=O) groups excluding carboxylic acids is 2. The molecule has 0 amide bonds. The lowest BCUT2D eigenvalue weighted by Gasteiger charge is -2.16. The molecule has 0 radical (unpaired) electrons. The maximum absolute atomic E-state index is 10.3. The highest BCUT2D eigenvalue weighted by Crippen LogP contribution is 2.32. The third-order valence-electron chi connectivity index (χ3n) is 2.42. The topological polar surface area (TPSA) is 52.6 Å². The molecule has 4 heteroatoms. The fraction of sp³-hybridized carbons (Fsp3) is 0.818. The highest BCUT2D eigenvalue weighted by molar-refractivity contribution is 5.49. The van der Waals surface area contributed by atoms with Gasteiger partial charge in [-0.1, -0.05) is 0 Å². The number of aldehydes is 2. The van der Waals surface area contributed by atoms with Crippen LogP contribution in [0.2, 0.25) is 0 Å². The molecule has 2 atom stereocenters. The minimum atomic E-state index is -0.596. The molecule has 0 aromatic heterocycles. The van der Waals surface area contributed by atoms with Crippen molar-refractivity contribution in [1.29, 1.82) is 0 Å². The molecule has 0 aromatic rings. The molecule has 1 aliphatic heterocycles. The van der Waals surface area contributed by atoms with Crippen LogP contribution in [0.15, 0.2) is 0 Å². The second-order valence-corrected chi connectivity index (χ2v) is 4.20. The van der Waals surface area contributed by atoms with Gasteiger partial charge in [0.1, 0.15) is 12.6 Å². The highest BCUT2D eigenvalue weighted by atomic mass is 16.7. The summed E-state index contributed by atoms with van der Waals surface area (Å²) in [5, 5.41) is 0.